The van der Waals surface area contributed by atoms with Crippen molar-refractivity contribution in [2.75, 3.05) is 26.2 Å². The molecule has 150 valence electrons. The maximum Gasteiger partial charge on any atom is 0.410 e. The summed E-state index contributed by atoms with van der Waals surface area (Å²) in [7, 11) is -3.77. The molecule has 2 aliphatic heterocycles. The van der Waals surface area contributed by atoms with E-state index in [2.05, 4.69) is 15.9 Å². The van der Waals surface area contributed by atoms with Crippen LogP contribution in [0.4, 0.5) is 9.18 Å². The van der Waals surface area contributed by atoms with Gasteiger partial charge in [0.2, 0.25) is 10.0 Å². The summed E-state index contributed by atoms with van der Waals surface area (Å²) in [4.78, 5) is 13.9. The summed E-state index contributed by atoms with van der Waals surface area (Å²) in [5, 5.41) is 0. The van der Waals surface area contributed by atoms with Gasteiger partial charge in [-0.3, -0.25) is 0 Å². The first-order valence-corrected chi connectivity index (χ1v) is 11.1. The Morgan fingerprint density at radius 3 is 2.52 bits per heavy atom. The lowest BCUT2D eigenvalue weighted by molar-refractivity contribution is 0.0275. The van der Waals surface area contributed by atoms with Gasteiger partial charge in [-0.2, -0.15) is 4.31 Å². The summed E-state index contributed by atoms with van der Waals surface area (Å²) < 4.78 is 46.6. The smallest absolute Gasteiger partial charge is 0.410 e. The van der Waals surface area contributed by atoms with Gasteiger partial charge in [0, 0.05) is 31.6 Å². The number of carbonyl (C=O) groups excluding carboxylic acids is 1. The van der Waals surface area contributed by atoms with Gasteiger partial charge in [0.15, 0.2) is 0 Å². The zero-order valence-corrected chi connectivity index (χ0v) is 18.1. The lowest BCUT2D eigenvalue weighted by atomic mass is 9.87. The maximum absolute atomic E-state index is 13.8. The molecule has 1 spiro atoms. The average molecular weight is 463 g/mol. The summed E-state index contributed by atoms with van der Waals surface area (Å²) in [6, 6.07) is 3.83. The van der Waals surface area contributed by atoms with Crippen LogP contribution < -0.4 is 0 Å². The second-order valence-electron chi connectivity index (χ2n) is 8.32. The fraction of sp³-hybridized carbons (Fsp3) is 0.611. The zero-order chi connectivity index (χ0) is 20.0. The molecule has 0 unspecified atom stereocenters. The van der Waals surface area contributed by atoms with Crippen molar-refractivity contribution < 1.29 is 22.3 Å². The summed E-state index contributed by atoms with van der Waals surface area (Å²) in [6.45, 7) is 7.17. The van der Waals surface area contributed by atoms with Crippen molar-refractivity contribution in [3.63, 3.8) is 0 Å². The maximum atomic E-state index is 13.8. The fourth-order valence-electron chi connectivity index (χ4n) is 3.64. The number of nitrogens with zero attached hydrogens (tertiary/aromatic N) is 2. The van der Waals surface area contributed by atoms with Gasteiger partial charge >= 0.3 is 6.09 Å². The van der Waals surface area contributed by atoms with E-state index in [0.29, 0.717) is 32.6 Å². The molecule has 2 heterocycles. The van der Waals surface area contributed by atoms with Crippen LogP contribution in [0.2, 0.25) is 0 Å². The van der Waals surface area contributed by atoms with Crippen molar-refractivity contribution in [2.45, 2.75) is 44.1 Å². The van der Waals surface area contributed by atoms with E-state index < -0.39 is 21.4 Å². The van der Waals surface area contributed by atoms with E-state index in [9.17, 15) is 17.6 Å². The quantitative estimate of drug-likeness (QED) is 0.672. The van der Waals surface area contributed by atoms with Crippen LogP contribution in [0.15, 0.2) is 27.6 Å². The third-order valence-electron chi connectivity index (χ3n) is 5.02. The predicted octanol–water partition coefficient (Wildman–Crippen LogP) is 3.61. The molecular formula is C18H24BrFN2O4S. The molecule has 1 aromatic rings. The van der Waals surface area contributed by atoms with Gasteiger partial charge in [0.1, 0.15) is 11.4 Å². The van der Waals surface area contributed by atoms with Gasteiger partial charge in [-0.15, -0.1) is 0 Å². The van der Waals surface area contributed by atoms with Gasteiger partial charge in [0.25, 0.3) is 0 Å². The van der Waals surface area contributed by atoms with Crippen LogP contribution in [-0.4, -0.2) is 55.5 Å². The number of hydrogen-bond acceptors (Lipinski definition) is 4. The van der Waals surface area contributed by atoms with E-state index in [1.165, 1.54) is 16.4 Å². The number of sulfonamides is 1. The lowest BCUT2D eigenvalue weighted by Gasteiger charge is -2.27. The van der Waals surface area contributed by atoms with E-state index in [1.54, 1.807) is 4.90 Å². The largest absolute Gasteiger partial charge is 0.444 e. The number of hydrogen-bond donors (Lipinski definition) is 0. The molecule has 1 aromatic carbocycles. The third kappa shape index (κ3) is 4.30. The molecule has 9 heteroatoms. The van der Waals surface area contributed by atoms with Crippen LogP contribution in [0.25, 0.3) is 0 Å². The van der Waals surface area contributed by atoms with Crippen LogP contribution in [-0.2, 0) is 14.8 Å². The van der Waals surface area contributed by atoms with Crippen LogP contribution in [0.5, 0.6) is 0 Å². The monoisotopic (exact) mass is 462 g/mol. The van der Waals surface area contributed by atoms with Crippen molar-refractivity contribution in [2.24, 2.45) is 5.41 Å². The molecule has 0 N–H and O–H groups in total. The lowest BCUT2D eigenvalue weighted by Crippen LogP contribution is -2.38. The molecule has 0 bridgehead atoms. The van der Waals surface area contributed by atoms with E-state index in [4.69, 9.17) is 4.74 Å². The Balaban J connectivity index is 1.71. The highest BCUT2D eigenvalue weighted by atomic mass is 79.9. The van der Waals surface area contributed by atoms with Crippen molar-refractivity contribution in [3.05, 3.63) is 28.5 Å². The van der Waals surface area contributed by atoms with Crippen LogP contribution in [0.3, 0.4) is 0 Å². The summed E-state index contributed by atoms with van der Waals surface area (Å²) >= 11 is 3.04. The van der Waals surface area contributed by atoms with E-state index in [1.807, 2.05) is 20.8 Å². The minimum Gasteiger partial charge on any atom is -0.444 e. The zero-order valence-electron chi connectivity index (χ0n) is 15.7. The first-order valence-electron chi connectivity index (χ1n) is 8.85. The van der Waals surface area contributed by atoms with Gasteiger partial charge < -0.3 is 9.64 Å². The molecule has 0 radical (unpaired) electrons. The van der Waals surface area contributed by atoms with Crippen LogP contribution >= 0.6 is 15.9 Å². The predicted molar refractivity (Wildman–Crippen MR) is 102 cm³/mol. The molecule has 6 nitrogen and oxygen atoms in total. The molecule has 2 aliphatic rings. The Morgan fingerprint density at radius 2 is 1.89 bits per heavy atom. The second-order valence-corrected chi connectivity index (χ2v) is 11.1. The number of halogens is 2. The van der Waals surface area contributed by atoms with Gasteiger partial charge in [0.05, 0.1) is 9.37 Å². The highest BCUT2D eigenvalue weighted by Crippen LogP contribution is 2.41. The molecule has 0 aliphatic carbocycles. The Kier molecular flexibility index (Phi) is 5.33. The highest BCUT2D eigenvalue weighted by Gasteiger charge is 2.48. The molecule has 0 aromatic heterocycles. The van der Waals surface area contributed by atoms with Crippen molar-refractivity contribution in [1.29, 1.82) is 0 Å². The van der Waals surface area contributed by atoms with Crippen molar-refractivity contribution in [1.82, 2.24) is 9.21 Å². The summed E-state index contributed by atoms with van der Waals surface area (Å²) in [5.74, 6) is -0.609. The third-order valence-corrected chi connectivity index (χ3v) is 7.51. The Morgan fingerprint density at radius 1 is 1.22 bits per heavy atom. The number of carbonyl (C=O) groups is 1. The Labute approximate surface area is 167 Å². The molecule has 2 fully saturated rings. The minimum absolute atomic E-state index is 0.0535. The normalized spacial score (nSPS) is 24.0. The second kappa shape index (κ2) is 7.00. The number of likely N-dealkylation sites (tertiary alicyclic amines) is 1. The number of ether oxygens (including phenoxy) is 1. The summed E-state index contributed by atoms with van der Waals surface area (Å²) in [6.07, 6.45) is 1.04. The molecule has 2 saturated heterocycles. The standard InChI is InChI=1S/C18H24BrFN2O4S/c1-17(2,3)26-16(23)21-8-6-18(11-21)7-9-22(12-18)27(24,25)13-4-5-14(19)15(20)10-13/h4-5,10H,6-9,11-12H2,1-3H3/t18-/m0/s1. The van der Waals surface area contributed by atoms with Gasteiger partial charge in [-0.1, -0.05) is 0 Å². The molecular weight excluding hydrogens is 439 g/mol. The van der Waals surface area contributed by atoms with E-state index in [-0.39, 0.29) is 20.9 Å². The topological polar surface area (TPSA) is 66.9 Å². The van der Waals surface area contributed by atoms with Gasteiger partial charge in [-0.25, -0.2) is 17.6 Å². The highest BCUT2D eigenvalue weighted by molar-refractivity contribution is 9.10. The molecule has 1 amide bonds. The van der Waals surface area contributed by atoms with E-state index >= 15 is 0 Å². The first-order chi connectivity index (χ1) is 12.4. The van der Waals surface area contributed by atoms with Crippen molar-refractivity contribution in [3.8, 4) is 0 Å². The number of rotatable bonds is 2. The average Bonchev–Trinajstić information content (AvgIpc) is 3.16. The van der Waals surface area contributed by atoms with Gasteiger partial charge in [-0.05, 0) is 67.7 Å². The number of amides is 1. The SMILES string of the molecule is CC(C)(C)OC(=O)N1CC[C@]2(CCN(S(=O)(=O)c3ccc(Br)c(F)c3)C2)C1. The van der Waals surface area contributed by atoms with Crippen molar-refractivity contribution >= 4 is 32.0 Å². The molecule has 3 rings (SSSR count). The van der Waals surface area contributed by atoms with E-state index in [0.717, 1.165) is 12.5 Å². The molecule has 1 atom stereocenters. The van der Waals surface area contributed by atoms with Crippen LogP contribution in [0, 0.1) is 11.2 Å². The molecule has 27 heavy (non-hydrogen) atoms. The Hall–Kier alpha value is -1.19. The number of benzene rings is 1. The molecule has 0 saturated carbocycles. The Bertz CT molecular complexity index is 855. The minimum atomic E-state index is -3.77. The summed E-state index contributed by atoms with van der Waals surface area (Å²) in [5.41, 5.74) is -0.832. The first kappa shape index (κ1) is 20.5. The fourth-order valence-corrected chi connectivity index (χ4v) is 5.45. The van der Waals surface area contributed by atoms with Crippen LogP contribution in [0.1, 0.15) is 33.6 Å².